The van der Waals surface area contributed by atoms with Crippen LogP contribution in [0.1, 0.15) is 36.5 Å². The molecule has 4 rings (SSSR count). The van der Waals surface area contributed by atoms with Crippen LogP contribution in [0.4, 0.5) is 35.0 Å². The van der Waals surface area contributed by atoms with E-state index in [4.69, 9.17) is 5.73 Å². The van der Waals surface area contributed by atoms with Gasteiger partial charge in [-0.15, -0.1) is 9.24 Å². The Morgan fingerprint density at radius 1 is 1.20 bits per heavy atom. The van der Waals surface area contributed by atoms with Crippen molar-refractivity contribution in [3.63, 3.8) is 0 Å². The Kier molecular flexibility index (Phi) is 11.1. The second-order valence-electron chi connectivity index (χ2n) is 9.63. The van der Waals surface area contributed by atoms with E-state index < -0.39 is 24.2 Å². The summed E-state index contributed by atoms with van der Waals surface area (Å²) in [5.74, 6) is -1.45. The zero-order valence-electron chi connectivity index (χ0n) is 23.9. The Balaban J connectivity index is 1.45. The summed E-state index contributed by atoms with van der Waals surface area (Å²) >= 11 is 1.21. The Hall–Kier alpha value is -4.22. The zero-order chi connectivity index (χ0) is 31.8. The molecule has 3 N–H and O–H groups in total. The number of halogens is 3. The Morgan fingerprint density at radius 2 is 2.00 bits per heavy atom. The average molecular weight is 643 g/mol. The first-order chi connectivity index (χ1) is 21.0. The molecule has 0 radical (unpaired) electrons. The summed E-state index contributed by atoms with van der Waals surface area (Å²) in [5.41, 5.74) is 9.92. The largest absolute Gasteiger partial charge is 0.432 e. The minimum atomic E-state index is -3.15. The Morgan fingerprint density at radius 3 is 2.70 bits per heavy atom. The second kappa shape index (κ2) is 15.0. The molecule has 1 heterocycles. The fourth-order valence-corrected chi connectivity index (χ4v) is 5.41. The lowest BCUT2D eigenvalue weighted by Gasteiger charge is -2.20. The molecule has 1 aliphatic rings. The maximum Gasteiger partial charge on any atom is 0.387 e. The van der Waals surface area contributed by atoms with Crippen molar-refractivity contribution in [2.75, 3.05) is 16.0 Å². The number of hydrogen-bond acceptors (Lipinski definition) is 5. The summed E-state index contributed by atoms with van der Waals surface area (Å²) in [6.45, 7) is 0.914. The lowest BCUT2D eigenvalue weighted by molar-refractivity contribution is -0.115. The number of hydrogen-bond donors (Lipinski definition) is 2. The number of rotatable bonds is 10. The molecule has 0 aliphatic carbocycles. The molecule has 0 aromatic heterocycles. The van der Waals surface area contributed by atoms with E-state index in [1.54, 1.807) is 18.2 Å². The number of nitrogens with zero attached hydrogens (tertiary/aromatic N) is 4. The molecule has 0 saturated carbocycles. The number of amides is 3. The van der Waals surface area contributed by atoms with Gasteiger partial charge in [-0.1, -0.05) is 37.2 Å². The summed E-state index contributed by atoms with van der Waals surface area (Å²) in [7, 11) is 2.50. The number of alkyl halides is 2. The van der Waals surface area contributed by atoms with Crippen LogP contribution < -0.4 is 26.0 Å². The molecule has 44 heavy (non-hydrogen) atoms. The van der Waals surface area contributed by atoms with Crippen molar-refractivity contribution in [3.05, 3.63) is 77.1 Å². The molecule has 3 aromatic carbocycles. The molecule has 3 aromatic rings. The van der Waals surface area contributed by atoms with Crippen molar-refractivity contribution in [1.82, 2.24) is 0 Å². The molecule has 1 atom stereocenters. The predicted octanol–water partition coefficient (Wildman–Crippen LogP) is 6.31. The minimum Gasteiger partial charge on any atom is -0.432 e. The molecule has 1 saturated heterocycles. The van der Waals surface area contributed by atoms with Gasteiger partial charge in [0.05, 0.1) is 17.1 Å². The van der Waals surface area contributed by atoms with Gasteiger partial charge in [0.1, 0.15) is 12.2 Å². The van der Waals surface area contributed by atoms with Gasteiger partial charge in [0.25, 0.3) is 0 Å². The van der Waals surface area contributed by atoms with E-state index in [1.807, 2.05) is 25.1 Å². The highest BCUT2D eigenvalue weighted by atomic mass is 32.2. The SMILES string of the molecule is CCCCc1ccc(C)cc1N1C(=O)CS/C1=N\C(=O)Nc1ccc(C(N)=NC=Nc2ccc(OC(F)F)c(F)c2)cc1P. The third-order valence-electron chi connectivity index (χ3n) is 6.37. The van der Waals surface area contributed by atoms with Crippen molar-refractivity contribution in [3.8, 4) is 5.75 Å². The van der Waals surface area contributed by atoms with Gasteiger partial charge in [-0.05, 0) is 72.6 Å². The highest BCUT2D eigenvalue weighted by Crippen LogP contribution is 2.32. The smallest absolute Gasteiger partial charge is 0.387 e. The number of carbonyl (C=O) groups excluding carboxylic acids is 2. The fourth-order valence-electron chi connectivity index (χ4n) is 4.20. The fraction of sp³-hybridized carbons (Fsp3) is 0.233. The maximum absolute atomic E-state index is 13.9. The molecule has 14 heteroatoms. The first-order valence-electron chi connectivity index (χ1n) is 13.5. The molecular weight excluding hydrogens is 612 g/mol. The van der Waals surface area contributed by atoms with Crippen LogP contribution in [0.2, 0.25) is 0 Å². The molecule has 1 unspecified atom stereocenters. The van der Waals surface area contributed by atoms with Gasteiger partial charge in [-0.3, -0.25) is 9.69 Å². The number of amidine groups is 2. The number of nitrogens with one attached hydrogen (secondary N) is 1. The molecule has 3 amide bonds. The maximum atomic E-state index is 13.9. The third kappa shape index (κ3) is 8.45. The first kappa shape index (κ1) is 32.7. The molecule has 230 valence electrons. The molecule has 0 spiro atoms. The lowest BCUT2D eigenvalue weighted by atomic mass is 10.0. The molecular formula is C30H30F3N6O3PS. The number of unbranched alkanes of at least 4 members (excludes halogenated alkanes) is 1. The van der Waals surface area contributed by atoms with Crippen LogP contribution in [0.25, 0.3) is 0 Å². The van der Waals surface area contributed by atoms with Crippen LogP contribution in [0.3, 0.4) is 0 Å². The van der Waals surface area contributed by atoms with E-state index in [9.17, 15) is 22.8 Å². The van der Waals surface area contributed by atoms with Crippen LogP contribution >= 0.6 is 21.0 Å². The summed E-state index contributed by atoms with van der Waals surface area (Å²) in [4.78, 5) is 39.5. The van der Waals surface area contributed by atoms with Gasteiger partial charge in [0.15, 0.2) is 16.7 Å². The zero-order valence-corrected chi connectivity index (χ0v) is 25.9. The van der Waals surface area contributed by atoms with Crippen molar-refractivity contribution >= 4 is 72.6 Å². The van der Waals surface area contributed by atoms with E-state index >= 15 is 0 Å². The van der Waals surface area contributed by atoms with Crippen LogP contribution in [-0.2, 0) is 11.2 Å². The van der Waals surface area contributed by atoms with Gasteiger partial charge < -0.3 is 15.8 Å². The number of urea groups is 1. The van der Waals surface area contributed by atoms with Crippen LogP contribution in [0.5, 0.6) is 5.75 Å². The number of anilines is 2. The minimum absolute atomic E-state index is 0.0854. The van der Waals surface area contributed by atoms with E-state index in [-0.39, 0.29) is 23.2 Å². The predicted molar refractivity (Wildman–Crippen MR) is 174 cm³/mol. The lowest BCUT2D eigenvalue weighted by Crippen LogP contribution is -2.31. The monoisotopic (exact) mass is 642 g/mol. The normalized spacial score (nSPS) is 14.7. The highest BCUT2D eigenvalue weighted by Gasteiger charge is 2.32. The summed E-state index contributed by atoms with van der Waals surface area (Å²) < 4.78 is 42.5. The van der Waals surface area contributed by atoms with Crippen molar-refractivity contribution in [2.24, 2.45) is 20.7 Å². The van der Waals surface area contributed by atoms with Crippen LogP contribution in [-0.4, -0.2) is 41.6 Å². The topological polar surface area (TPSA) is 122 Å². The summed E-state index contributed by atoms with van der Waals surface area (Å²) in [5, 5.41) is 3.64. The van der Waals surface area contributed by atoms with Crippen LogP contribution in [0, 0.1) is 12.7 Å². The highest BCUT2D eigenvalue weighted by molar-refractivity contribution is 8.15. The molecule has 1 aliphatic heterocycles. The number of aliphatic imine (C=N–C) groups is 3. The number of thioether (sulfide) groups is 1. The van der Waals surface area contributed by atoms with Gasteiger partial charge >= 0.3 is 12.6 Å². The van der Waals surface area contributed by atoms with Crippen LogP contribution in [0.15, 0.2) is 69.6 Å². The van der Waals surface area contributed by atoms with Gasteiger partial charge in [0.2, 0.25) is 5.91 Å². The second-order valence-corrected chi connectivity index (χ2v) is 11.2. The number of benzene rings is 3. The Labute approximate surface area is 259 Å². The first-order valence-corrected chi connectivity index (χ1v) is 15.1. The Bertz CT molecular complexity index is 1650. The molecule has 0 bridgehead atoms. The number of nitrogens with two attached hydrogens (primary N) is 1. The van der Waals surface area contributed by atoms with E-state index in [0.29, 0.717) is 21.7 Å². The molecule has 1 fully saturated rings. The standard InChI is InChI=1S/C30H30F3N6O3PS/c1-3-4-5-18-7-6-17(2)12-23(18)39-26(40)15-44-30(39)38-29(41)37-22-10-8-19(13-25(22)43)27(34)36-16-35-20-9-11-24(21(31)14-20)42-28(32)33/h6-14,16,28H,3-5,15,43H2,1-2H3,(H,37,41)(H2,34,35,36)/b38-30-. The quantitative estimate of drug-likeness (QED) is 0.153. The summed E-state index contributed by atoms with van der Waals surface area (Å²) in [6.07, 6.45) is 3.90. The summed E-state index contributed by atoms with van der Waals surface area (Å²) in [6, 6.07) is 13.5. The third-order valence-corrected chi connectivity index (χ3v) is 7.77. The number of aryl methyl sites for hydroxylation is 2. The van der Waals surface area contributed by atoms with E-state index in [1.165, 1.54) is 22.7 Å². The van der Waals surface area contributed by atoms with Gasteiger partial charge in [-0.25, -0.2) is 19.2 Å². The van der Waals surface area contributed by atoms with Crippen molar-refractivity contribution in [1.29, 1.82) is 0 Å². The van der Waals surface area contributed by atoms with Gasteiger partial charge in [-0.2, -0.15) is 13.8 Å². The average Bonchev–Trinajstić information content (AvgIpc) is 3.33. The van der Waals surface area contributed by atoms with Crippen molar-refractivity contribution < 1.29 is 27.5 Å². The number of ether oxygens (including phenoxy) is 1. The molecule has 9 nitrogen and oxygen atoms in total. The van der Waals surface area contributed by atoms with Gasteiger partial charge in [0, 0.05) is 17.3 Å². The van der Waals surface area contributed by atoms with E-state index in [2.05, 4.69) is 41.2 Å². The van der Waals surface area contributed by atoms with E-state index in [0.717, 1.165) is 54.5 Å². The van der Waals surface area contributed by atoms with Crippen molar-refractivity contribution in [2.45, 2.75) is 39.7 Å². The number of carbonyl (C=O) groups is 2.